The van der Waals surface area contributed by atoms with Crippen molar-refractivity contribution in [2.75, 3.05) is 6.61 Å². The fourth-order valence-corrected chi connectivity index (χ4v) is 2.23. The van der Waals surface area contributed by atoms with Crippen LogP contribution in [-0.2, 0) is 6.61 Å². The van der Waals surface area contributed by atoms with Crippen molar-refractivity contribution in [2.24, 2.45) is 0 Å². The fraction of sp³-hybridized carbons (Fsp3) is 0.211. The summed E-state index contributed by atoms with van der Waals surface area (Å²) in [6.45, 7) is 3.29. The van der Waals surface area contributed by atoms with E-state index in [2.05, 4.69) is 12.0 Å². The summed E-state index contributed by atoms with van der Waals surface area (Å²) >= 11 is 0. The normalized spacial score (nSPS) is 10.5. The number of hydrogen-bond donors (Lipinski definition) is 0. The molecule has 0 amide bonds. The van der Waals surface area contributed by atoms with Gasteiger partial charge in [-0.15, -0.1) is 0 Å². The van der Waals surface area contributed by atoms with Crippen LogP contribution in [0, 0.1) is 0 Å². The fourth-order valence-electron chi connectivity index (χ4n) is 2.23. The monoisotopic (exact) mass is 308 g/mol. The molecule has 0 radical (unpaired) electrons. The molecule has 4 nitrogen and oxygen atoms in total. The summed E-state index contributed by atoms with van der Waals surface area (Å²) in [5.41, 5.74) is 2.14. The standard InChI is InChI=1S/C19H20N2O2/c1-2-14-22-18-6-3-4-7-19(18)23-15-16-8-10-17(11-9-16)21-13-5-12-20-21/h3-13H,2,14-15H2,1H3. The van der Waals surface area contributed by atoms with Gasteiger partial charge in [0.15, 0.2) is 11.5 Å². The Labute approximate surface area is 136 Å². The second-order valence-electron chi connectivity index (χ2n) is 5.20. The van der Waals surface area contributed by atoms with E-state index in [0.717, 1.165) is 29.2 Å². The van der Waals surface area contributed by atoms with Crippen LogP contribution in [0.3, 0.4) is 0 Å². The van der Waals surface area contributed by atoms with Crippen LogP contribution in [-0.4, -0.2) is 16.4 Å². The molecule has 3 aromatic rings. The van der Waals surface area contributed by atoms with Gasteiger partial charge in [-0.3, -0.25) is 0 Å². The molecule has 0 aliphatic rings. The van der Waals surface area contributed by atoms with E-state index in [9.17, 15) is 0 Å². The lowest BCUT2D eigenvalue weighted by Crippen LogP contribution is -2.01. The van der Waals surface area contributed by atoms with E-state index in [1.165, 1.54) is 0 Å². The van der Waals surface area contributed by atoms with Gasteiger partial charge in [0, 0.05) is 12.4 Å². The molecule has 0 spiro atoms. The van der Waals surface area contributed by atoms with Crippen LogP contribution < -0.4 is 9.47 Å². The molecule has 0 unspecified atom stereocenters. The molecule has 0 N–H and O–H groups in total. The molecule has 4 heteroatoms. The van der Waals surface area contributed by atoms with Gasteiger partial charge < -0.3 is 9.47 Å². The molecule has 0 atom stereocenters. The van der Waals surface area contributed by atoms with Gasteiger partial charge in [-0.25, -0.2) is 4.68 Å². The maximum atomic E-state index is 5.90. The van der Waals surface area contributed by atoms with Crippen molar-refractivity contribution in [3.8, 4) is 17.2 Å². The summed E-state index contributed by atoms with van der Waals surface area (Å²) in [5.74, 6) is 1.57. The number of ether oxygens (including phenoxy) is 2. The van der Waals surface area contributed by atoms with Crippen LogP contribution in [0.4, 0.5) is 0 Å². The minimum absolute atomic E-state index is 0.506. The summed E-state index contributed by atoms with van der Waals surface area (Å²) < 4.78 is 13.4. The lowest BCUT2D eigenvalue weighted by Gasteiger charge is -2.12. The summed E-state index contributed by atoms with van der Waals surface area (Å²) in [6.07, 6.45) is 4.67. The molecule has 23 heavy (non-hydrogen) atoms. The van der Waals surface area contributed by atoms with Crippen molar-refractivity contribution in [3.05, 3.63) is 72.6 Å². The molecule has 0 saturated carbocycles. The number of rotatable bonds is 7. The second kappa shape index (κ2) is 7.49. The number of aromatic nitrogens is 2. The summed E-state index contributed by atoms with van der Waals surface area (Å²) in [5, 5.41) is 4.22. The maximum Gasteiger partial charge on any atom is 0.161 e. The molecule has 0 bridgehead atoms. The van der Waals surface area contributed by atoms with Crippen molar-refractivity contribution in [2.45, 2.75) is 20.0 Å². The quantitative estimate of drug-likeness (QED) is 0.655. The van der Waals surface area contributed by atoms with Gasteiger partial charge >= 0.3 is 0 Å². The van der Waals surface area contributed by atoms with E-state index in [1.54, 1.807) is 6.20 Å². The Morgan fingerprint density at radius 2 is 1.65 bits per heavy atom. The van der Waals surface area contributed by atoms with Gasteiger partial charge in [-0.1, -0.05) is 31.2 Å². The Kier molecular flexibility index (Phi) is 4.94. The molecule has 0 aliphatic carbocycles. The van der Waals surface area contributed by atoms with Crippen molar-refractivity contribution in [1.82, 2.24) is 9.78 Å². The SMILES string of the molecule is CCCOc1ccccc1OCc1ccc(-n2cccn2)cc1. The Balaban J connectivity index is 1.64. The zero-order chi connectivity index (χ0) is 15.9. The van der Waals surface area contributed by atoms with Crippen LogP contribution >= 0.6 is 0 Å². The molecule has 0 saturated heterocycles. The molecular formula is C19H20N2O2. The van der Waals surface area contributed by atoms with Crippen molar-refractivity contribution in [1.29, 1.82) is 0 Å². The highest BCUT2D eigenvalue weighted by atomic mass is 16.5. The van der Waals surface area contributed by atoms with Crippen LogP contribution in [0.2, 0.25) is 0 Å². The van der Waals surface area contributed by atoms with Gasteiger partial charge in [-0.2, -0.15) is 5.10 Å². The Morgan fingerprint density at radius 3 is 2.30 bits per heavy atom. The van der Waals surface area contributed by atoms with E-state index in [4.69, 9.17) is 9.47 Å². The first kappa shape index (κ1) is 15.2. The van der Waals surface area contributed by atoms with E-state index in [1.807, 2.05) is 65.5 Å². The third-order valence-electron chi connectivity index (χ3n) is 3.41. The highest BCUT2D eigenvalue weighted by Crippen LogP contribution is 2.27. The first-order valence-electron chi connectivity index (χ1n) is 7.80. The number of para-hydroxylation sites is 2. The summed E-state index contributed by atoms with van der Waals surface area (Å²) in [6, 6.07) is 17.8. The molecule has 2 aromatic carbocycles. The zero-order valence-electron chi connectivity index (χ0n) is 13.2. The largest absolute Gasteiger partial charge is 0.490 e. The predicted molar refractivity (Wildman–Crippen MR) is 90.1 cm³/mol. The molecule has 1 aromatic heterocycles. The average Bonchev–Trinajstić information content (AvgIpc) is 3.14. The van der Waals surface area contributed by atoms with Gasteiger partial charge in [0.2, 0.25) is 0 Å². The topological polar surface area (TPSA) is 36.3 Å². The molecule has 0 fully saturated rings. The van der Waals surface area contributed by atoms with Gasteiger partial charge in [0.25, 0.3) is 0 Å². The molecule has 3 rings (SSSR count). The van der Waals surface area contributed by atoms with Gasteiger partial charge in [-0.05, 0) is 42.3 Å². The Bertz CT molecular complexity index is 721. The zero-order valence-corrected chi connectivity index (χ0v) is 13.2. The number of hydrogen-bond acceptors (Lipinski definition) is 3. The first-order valence-corrected chi connectivity index (χ1v) is 7.80. The molecule has 118 valence electrons. The number of nitrogens with zero attached hydrogens (tertiary/aromatic N) is 2. The van der Waals surface area contributed by atoms with E-state index in [-0.39, 0.29) is 0 Å². The van der Waals surface area contributed by atoms with Crippen LogP contribution in [0.25, 0.3) is 5.69 Å². The Hall–Kier alpha value is -2.75. The third kappa shape index (κ3) is 3.92. The predicted octanol–water partition coefficient (Wildman–Crippen LogP) is 4.24. The van der Waals surface area contributed by atoms with Gasteiger partial charge in [0.05, 0.1) is 12.3 Å². The number of benzene rings is 2. The highest BCUT2D eigenvalue weighted by molar-refractivity contribution is 5.40. The lowest BCUT2D eigenvalue weighted by molar-refractivity contribution is 0.262. The van der Waals surface area contributed by atoms with E-state index < -0.39 is 0 Å². The third-order valence-corrected chi connectivity index (χ3v) is 3.41. The molecule has 1 heterocycles. The van der Waals surface area contributed by atoms with Crippen molar-refractivity contribution < 1.29 is 9.47 Å². The van der Waals surface area contributed by atoms with Crippen LogP contribution in [0.15, 0.2) is 67.0 Å². The molecular weight excluding hydrogens is 288 g/mol. The van der Waals surface area contributed by atoms with Gasteiger partial charge in [0.1, 0.15) is 6.61 Å². The maximum absolute atomic E-state index is 5.90. The summed E-state index contributed by atoms with van der Waals surface area (Å²) in [7, 11) is 0. The average molecular weight is 308 g/mol. The Morgan fingerprint density at radius 1 is 0.913 bits per heavy atom. The molecule has 0 aliphatic heterocycles. The summed E-state index contributed by atoms with van der Waals surface area (Å²) in [4.78, 5) is 0. The minimum Gasteiger partial charge on any atom is -0.490 e. The second-order valence-corrected chi connectivity index (χ2v) is 5.20. The van der Waals surface area contributed by atoms with Crippen molar-refractivity contribution >= 4 is 0 Å². The minimum atomic E-state index is 0.506. The lowest BCUT2D eigenvalue weighted by atomic mass is 10.2. The smallest absolute Gasteiger partial charge is 0.161 e. The van der Waals surface area contributed by atoms with E-state index >= 15 is 0 Å². The van der Waals surface area contributed by atoms with Crippen LogP contribution in [0.1, 0.15) is 18.9 Å². The van der Waals surface area contributed by atoms with Crippen molar-refractivity contribution in [3.63, 3.8) is 0 Å². The van der Waals surface area contributed by atoms with Crippen LogP contribution in [0.5, 0.6) is 11.5 Å². The first-order chi connectivity index (χ1) is 11.4. The highest BCUT2D eigenvalue weighted by Gasteiger charge is 2.04. The van der Waals surface area contributed by atoms with E-state index in [0.29, 0.717) is 13.2 Å².